The Morgan fingerprint density at radius 1 is 1.12 bits per heavy atom. The van der Waals surface area contributed by atoms with Crippen molar-refractivity contribution in [1.29, 1.82) is 0 Å². The summed E-state index contributed by atoms with van der Waals surface area (Å²) in [6.45, 7) is 5.69. The van der Waals surface area contributed by atoms with Crippen LogP contribution in [0.5, 0.6) is 0 Å². The molecule has 2 aromatic carbocycles. The molecular weight excluding hydrogens is 445 g/mol. The highest BCUT2D eigenvalue weighted by molar-refractivity contribution is 7.92. The van der Waals surface area contributed by atoms with Gasteiger partial charge < -0.3 is 10.2 Å². The van der Waals surface area contributed by atoms with E-state index in [1.54, 1.807) is 6.92 Å². The molecule has 2 aromatic rings. The summed E-state index contributed by atoms with van der Waals surface area (Å²) < 4.78 is 39.1. The zero-order valence-electron chi connectivity index (χ0n) is 19.5. The first-order valence-corrected chi connectivity index (χ1v) is 12.7. The highest BCUT2D eigenvalue weighted by Crippen LogP contribution is 2.19. The van der Waals surface area contributed by atoms with Gasteiger partial charge in [0.05, 0.1) is 11.9 Å². The zero-order valence-corrected chi connectivity index (χ0v) is 20.4. The van der Waals surface area contributed by atoms with Crippen molar-refractivity contribution < 1.29 is 22.4 Å². The van der Waals surface area contributed by atoms with Gasteiger partial charge in [-0.3, -0.25) is 13.9 Å². The highest BCUT2D eigenvalue weighted by Gasteiger charge is 2.30. The third-order valence-corrected chi connectivity index (χ3v) is 6.37. The fourth-order valence-electron chi connectivity index (χ4n) is 3.35. The van der Waals surface area contributed by atoms with Gasteiger partial charge in [-0.05, 0) is 50.1 Å². The summed E-state index contributed by atoms with van der Waals surface area (Å²) in [5, 5.41) is 2.83. The Morgan fingerprint density at radius 3 is 2.36 bits per heavy atom. The molecule has 0 aliphatic rings. The molecule has 33 heavy (non-hydrogen) atoms. The molecule has 1 unspecified atom stereocenters. The average molecular weight is 478 g/mol. The topological polar surface area (TPSA) is 86.8 Å². The largest absolute Gasteiger partial charge is 0.354 e. The van der Waals surface area contributed by atoms with Crippen LogP contribution in [-0.4, -0.2) is 50.5 Å². The zero-order chi connectivity index (χ0) is 24.6. The van der Waals surface area contributed by atoms with Crippen molar-refractivity contribution >= 4 is 27.5 Å². The van der Waals surface area contributed by atoms with Crippen molar-refractivity contribution in [3.8, 4) is 0 Å². The van der Waals surface area contributed by atoms with Gasteiger partial charge in [-0.25, -0.2) is 12.8 Å². The van der Waals surface area contributed by atoms with E-state index in [-0.39, 0.29) is 18.1 Å². The van der Waals surface area contributed by atoms with Crippen molar-refractivity contribution in [1.82, 2.24) is 10.2 Å². The number of nitrogens with one attached hydrogen (secondary N) is 1. The number of hydrogen-bond acceptors (Lipinski definition) is 4. The predicted octanol–water partition coefficient (Wildman–Crippen LogP) is 3.23. The summed E-state index contributed by atoms with van der Waals surface area (Å²) in [5.74, 6) is -1.36. The van der Waals surface area contributed by atoms with E-state index < -0.39 is 34.3 Å². The van der Waals surface area contributed by atoms with E-state index in [0.717, 1.165) is 46.7 Å². The fourth-order valence-corrected chi connectivity index (χ4v) is 4.20. The maximum atomic E-state index is 13.4. The lowest BCUT2D eigenvalue weighted by Crippen LogP contribution is -2.51. The van der Waals surface area contributed by atoms with Crippen molar-refractivity contribution in [2.45, 2.75) is 46.2 Å². The van der Waals surface area contributed by atoms with Crippen molar-refractivity contribution in [2.24, 2.45) is 0 Å². The van der Waals surface area contributed by atoms with Crippen molar-refractivity contribution in [3.63, 3.8) is 0 Å². The Kier molecular flexibility index (Phi) is 9.40. The molecule has 0 bridgehead atoms. The molecule has 0 aliphatic carbocycles. The highest BCUT2D eigenvalue weighted by atomic mass is 32.2. The van der Waals surface area contributed by atoms with Crippen LogP contribution in [0.25, 0.3) is 0 Å². The van der Waals surface area contributed by atoms with Crippen LogP contribution in [0.15, 0.2) is 48.5 Å². The number of nitrogens with zero attached hydrogens (tertiary/aromatic N) is 2. The van der Waals surface area contributed by atoms with E-state index in [9.17, 15) is 22.4 Å². The third-order valence-electron chi connectivity index (χ3n) is 5.23. The number of unbranched alkanes of at least 4 members (excludes halogenated alkanes) is 1. The van der Waals surface area contributed by atoms with E-state index >= 15 is 0 Å². The minimum Gasteiger partial charge on any atom is -0.354 e. The summed E-state index contributed by atoms with van der Waals surface area (Å²) in [6.07, 6.45) is 2.72. The summed E-state index contributed by atoms with van der Waals surface area (Å²) in [6, 6.07) is 11.6. The molecule has 0 aliphatic heterocycles. The second-order valence-electron chi connectivity index (χ2n) is 8.08. The van der Waals surface area contributed by atoms with Gasteiger partial charge in [0, 0.05) is 13.1 Å². The molecule has 9 heteroatoms. The molecule has 0 spiro atoms. The van der Waals surface area contributed by atoms with Crippen LogP contribution in [0.3, 0.4) is 0 Å². The molecule has 0 aromatic heterocycles. The maximum absolute atomic E-state index is 13.4. The molecular formula is C24H32FN3O4S. The van der Waals surface area contributed by atoms with Crippen LogP contribution in [0.4, 0.5) is 10.1 Å². The van der Waals surface area contributed by atoms with E-state index in [1.807, 2.05) is 38.1 Å². The van der Waals surface area contributed by atoms with Gasteiger partial charge in [-0.2, -0.15) is 0 Å². The number of halogens is 1. The number of benzene rings is 2. The van der Waals surface area contributed by atoms with Gasteiger partial charge in [-0.15, -0.1) is 0 Å². The molecule has 1 N–H and O–H groups in total. The Balaban J connectivity index is 2.33. The Morgan fingerprint density at radius 2 is 1.79 bits per heavy atom. The lowest BCUT2D eigenvalue weighted by Gasteiger charge is -2.31. The third kappa shape index (κ3) is 7.85. The van der Waals surface area contributed by atoms with Gasteiger partial charge in [-0.1, -0.05) is 43.2 Å². The average Bonchev–Trinajstić information content (AvgIpc) is 2.75. The van der Waals surface area contributed by atoms with Crippen LogP contribution >= 0.6 is 0 Å². The molecule has 7 nitrogen and oxygen atoms in total. The molecule has 1 atom stereocenters. The minimum absolute atomic E-state index is 0.143. The van der Waals surface area contributed by atoms with Gasteiger partial charge in [0.1, 0.15) is 18.4 Å². The molecule has 180 valence electrons. The smallest absolute Gasteiger partial charge is 0.244 e. The second-order valence-corrected chi connectivity index (χ2v) is 9.98. The van der Waals surface area contributed by atoms with Gasteiger partial charge in [0.15, 0.2) is 0 Å². The molecule has 0 saturated heterocycles. The van der Waals surface area contributed by atoms with Gasteiger partial charge in [0.25, 0.3) is 0 Å². The predicted molar refractivity (Wildman–Crippen MR) is 128 cm³/mol. The quantitative estimate of drug-likeness (QED) is 0.504. The summed E-state index contributed by atoms with van der Waals surface area (Å²) in [4.78, 5) is 27.5. The number of sulfonamides is 1. The Labute approximate surface area is 195 Å². The lowest BCUT2D eigenvalue weighted by molar-refractivity contribution is -0.139. The first-order chi connectivity index (χ1) is 15.5. The minimum atomic E-state index is -3.84. The van der Waals surface area contributed by atoms with Crippen molar-refractivity contribution in [3.05, 3.63) is 65.5 Å². The maximum Gasteiger partial charge on any atom is 0.244 e. The fraction of sp³-hybridized carbons (Fsp3) is 0.417. The number of hydrogen-bond donors (Lipinski definition) is 1. The van der Waals surface area contributed by atoms with Crippen LogP contribution in [0.2, 0.25) is 0 Å². The first-order valence-electron chi connectivity index (χ1n) is 10.9. The van der Waals surface area contributed by atoms with Gasteiger partial charge in [0.2, 0.25) is 21.8 Å². The summed E-state index contributed by atoms with van der Waals surface area (Å²) in [7, 11) is -3.84. The van der Waals surface area contributed by atoms with Crippen LogP contribution in [0, 0.1) is 12.7 Å². The standard InChI is InChI=1S/C24H32FN3O4S/c1-5-6-14-26-24(30)19(3)27(16-20-9-7-8-18(2)15-20)23(29)17-28(33(4,31)32)22-12-10-21(25)11-13-22/h7-13,15,19H,5-6,14,16-17H2,1-4H3,(H,26,30). The molecule has 0 saturated carbocycles. The number of carbonyl (C=O) groups excluding carboxylic acids is 2. The van der Waals surface area contributed by atoms with Crippen LogP contribution in [-0.2, 0) is 26.2 Å². The summed E-state index contributed by atoms with van der Waals surface area (Å²) >= 11 is 0. The molecule has 0 fully saturated rings. The lowest BCUT2D eigenvalue weighted by atomic mass is 10.1. The monoisotopic (exact) mass is 477 g/mol. The Hall–Kier alpha value is -2.94. The van der Waals surface area contributed by atoms with Crippen molar-refractivity contribution in [2.75, 3.05) is 23.7 Å². The normalized spacial score (nSPS) is 12.2. The Bertz CT molecular complexity index is 1060. The molecule has 0 radical (unpaired) electrons. The van der Waals surface area contributed by atoms with E-state index in [4.69, 9.17) is 0 Å². The number of amides is 2. The SMILES string of the molecule is CCCCNC(=O)C(C)N(Cc1cccc(C)c1)C(=O)CN(c1ccc(F)cc1)S(C)(=O)=O. The first kappa shape index (κ1) is 26.3. The number of aryl methyl sites for hydroxylation is 1. The molecule has 2 amide bonds. The van der Waals surface area contributed by atoms with Crippen LogP contribution < -0.4 is 9.62 Å². The number of carbonyl (C=O) groups is 2. The van der Waals surface area contributed by atoms with Gasteiger partial charge >= 0.3 is 0 Å². The second kappa shape index (κ2) is 11.8. The van der Waals surface area contributed by atoms with E-state index in [1.165, 1.54) is 17.0 Å². The van der Waals surface area contributed by atoms with E-state index in [0.29, 0.717) is 6.54 Å². The number of rotatable bonds is 11. The summed E-state index contributed by atoms with van der Waals surface area (Å²) in [5.41, 5.74) is 2.00. The number of anilines is 1. The van der Waals surface area contributed by atoms with Crippen LogP contribution in [0.1, 0.15) is 37.8 Å². The van der Waals surface area contributed by atoms with E-state index in [2.05, 4.69) is 5.32 Å². The molecule has 2 rings (SSSR count). The molecule has 0 heterocycles.